The number of aliphatic carboxylic acids is 1. The minimum absolute atomic E-state index is 0.0719. The number of benzene rings is 2. The topological polar surface area (TPSA) is 75.6 Å². The van der Waals surface area contributed by atoms with Gasteiger partial charge in [0.1, 0.15) is 11.6 Å². The van der Waals surface area contributed by atoms with E-state index in [4.69, 9.17) is 16.3 Å². The van der Waals surface area contributed by atoms with Crippen molar-refractivity contribution in [1.82, 2.24) is 5.32 Å². The van der Waals surface area contributed by atoms with Crippen LogP contribution in [0.1, 0.15) is 22.0 Å². The lowest BCUT2D eigenvalue weighted by atomic mass is 10.1. The van der Waals surface area contributed by atoms with Crippen molar-refractivity contribution in [3.63, 3.8) is 0 Å². The Bertz CT molecular complexity index is 751. The predicted molar refractivity (Wildman–Crippen MR) is 82.2 cm³/mol. The third kappa shape index (κ3) is 3.78. The number of hydrogen-bond acceptors (Lipinski definition) is 3. The van der Waals surface area contributed by atoms with E-state index in [1.807, 2.05) is 0 Å². The molecule has 0 saturated heterocycles. The molecule has 0 heterocycles. The highest BCUT2D eigenvalue weighted by atomic mass is 35.5. The highest BCUT2D eigenvalue weighted by Gasteiger charge is 2.24. The zero-order valence-corrected chi connectivity index (χ0v) is 12.8. The van der Waals surface area contributed by atoms with Gasteiger partial charge in [-0.15, -0.1) is 0 Å². The molecule has 0 aliphatic heterocycles. The van der Waals surface area contributed by atoms with Crippen LogP contribution < -0.4 is 10.1 Å². The minimum atomic E-state index is -1.42. The number of nitrogens with one attached hydrogen (secondary N) is 1. The lowest BCUT2D eigenvalue weighted by Gasteiger charge is -2.16. The van der Waals surface area contributed by atoms with Gasteiger partial charge in [-0.05, 0) is 29.8 Å². The highest BCUT2D eigenvalue weighted by molar-refractivity contribution is 6.30. The molecule has 1 amide bonds. The summed E-state index contributed by atoms with van der Waals surface area (Å²) in [6.07, 6.45) is 0. The van der Waals surface area contributed by atoms with E-state index < -0.39 is 23.7 Å². The Morgan fingerprint density at radius 2 is 1.96 bits per heavy atom. The van der Waals surface area contributed by atoms with E-state index in [2.05, 4.69) is 5.32 Å². The number of ether oxygens (including phenoxy) is 1. The summed E-state index contributed by atoms with van der Waals surface area (Å²) < 4.78 is 18.6. The monoisotopic (exact) mass is 337 g/mol. The number of para-hydroxylation sites is 1. The van der Waals surface area contributed by atoms with Crippen molar-refractivity contribution < 1.29 is 23.8 Å². The molecule has 5 nitrogen and oxygen atoms in total. The molecule has 0 aromatic heterocycles. The number of amides is 1. The highest BCUT2D eigenvalue weighted by Crippen LogP contribution is 2.22. The zero-order valence-electron chi connectivity index (χ0n) is 12.0. The van der Waals surface area contributed by atoms with Crippen molar-refractivity contribution in [3.8, 4) is 5.75 Å². The van der Waals surface area contributed by atoms with Crippen molar-refractivity contribution in [2.75, 3.05) is 7.11 Å². The van der Waals surface area contributed by atoms with Gasteiger partial charge in [0.2, 0.25) is 0 Å². The Balaban J connectivity index is 2.31. The Hall–Kier alpha value is -2.60. The van der Waals surface area contributed by atoms with E-state index in [-0.39, 0.29) is 16.1 Å². The maximum atomic E-state index is 13.5. The van der Waals surface area contributed by atoms with Crippen molar-refractivity contribution in [2.45, 2.75) is 6.04 Å². The van der Waals surface area contributed by atoms with Gasteiger partial charge in [0.15, 0.2) is 6.04 Å². The Morgan fingerprint density at radius 1 is 1.26 bits per heavy atom. The molecule has 23 heavy (non-hydrogen) atoms. The SMILES string of the molecule is COc1ccccc1C(=O)NC(C(=O)O)c1ccc(Cl)c(F)c1. The Kier molecular flexibility index (Phi) is 5.18. The fraction of sp³-hybridized carbons (Fsp3) is 0.125. The minimum Gasteiger partial charge on any atom is -0.496 e. The molecule has 0 aliphatic rings. The van der Waals surface area contributed by atoms with Gasteiger partial charge in [-0.25, -0.2) is 9.18 Å². The van der Waals surface area contributed by atoms with Crippen LogP contribution in [0.3, 0.4) is 0 Å². The van der Waals surface area contributed by atoms with Gasteiger partial charge in [-0.2, -0.15) is 0 Å². The summed E-state index contributed by atoms with van der Waals surface area (Å²) in [5.74, 6) is -2.43. The molecule has 0 spiro atoms. The van der Waals surface area contributed by atoms with Gasteiger partial charge in [-0.3, -0.25) is 4.79 Å². The Morgan fingerprint density at radius 3 is 2.57 bits per heavy atom. The summed E-state index contributed by atoms with van der Waals surface area (Å²) in [5.41, 5.74) is 0.248. The average molecular weight is 338 g/mol. The number of carboxylic acids is 1. The van der Waals surface area contributed by atoms with Gasteiger partial charge in [-0.1, -0.05) is 29.8 Å². The first kappa shape index (κ1) is 16.8. The molecule has 120 valence electrons. The first-order valence-electron chi connectivity index (χ1n) is 6.55. The third-order valence-corrected chi connectivity index (χ3v) is 3.46. The maximum absolute atomic E-state index is 13.5. The van der Waals surface area contributed by atoms with Gasteiger partial charge < -0.3 is 15.2 Å². The van der Waals surface area contributed by atoms with Crippen LogP contribution in [0, 0.1) is 5.82 Å². The molecule has 0 fully saturated rings. The largest absolute Gasteiger partial charge is 0.496 e. The summed E-state index contributed by atoms with van der Waals surface area (Å²) in [6, 6.07) is 8.50. The molecule has 2 aromatic carbocycles. The fourth-order valence-electron chi connectivity index (χ4n) is 2.02. The number of carbonyl (C=O) groups is 2. The first-order chi connectivity index (χ1) is 10.9. The molecule has 0 bridgehead atoms. The third-order valence-electron chi connectivity index (χ3n) is 3.15. The standard InChI is InChI=1S/C16H13ClFNO4/c1-23-13-5-3-2-4-10(13)15(20)19-14(16(21)22)9-6-7-11(17)12(18)8-9/h2-8,14H,1H3,(H,19,20)(H,21,22). The lowest BCUT2D eigenvalue weighted by Crippen LogP contribution is -2.34. The van der Waals surface area contributed by atoms with Crippen LogP contribution in [0.2, 0.25) is 5.02 Å². The lowest BCUT2D eigenvalue weighted by molar-refractivity contribution is -0.139. The molecule has 7 heteroatoms. The van der Waals surface area contributed by atoms with Crippen molar-refractivity contribution >= 4 is 23.5 Å². The molecule has 1 atom stereocenters. The van der Waals surface area contributed by atoms with E-state index in [0.717, 1.165) is 6.07 Å². The van der Waals surface area contributed by atoms with Gasteiger partial charge >= 0.3 is 5.97 Å². The van der Waals surface area contributed by atoms with Crippen LogP contribution in [0.4, 0.5) is 4.39 Å². The maximum Gasteiger partial charge on any atom is 0.330 e. The van der Waals surface area contributed by atoms with Crippen LogP contribution in [0.5, 0.6) is 5.75 Å². The molecule has 0 saturated carbocycles. The van der Waals surface area contributed by atoms with Crippen LogP contribution in [-0.2, 0) is 4.79 Å². The fourth-order valence-corrected chi connectivity index (χ4v) is 2.14. The number of rotatable bonds is 5. The number of carbonyl (C=O) groups excluding carboxylic acids is 1. The number of methoxy groups -OCH3 is 1. The normalized spacial score (nSPS) is 11.6. The van der Waals surface area contributed by atoms with E-state index in [9.17, 15) is 19.1 Å². The van der Waals surface area contributed by atoms with E-state index in [1.54, 1.807) is 18.2 Å². The summed E-state index contributed by atoms with van der Waals surface area (Å²) in [7, 11) is 1.40. The van der Waals surface area contributed by atoms with E-state index >= 15 is 0 Å². The zero-order chi connectivity index (χ0) is 17.0. The molecule has 2 N–H and O–H groups in total. The second-order valence-corrected chi connectivity index (χ2v) is 5.03. The number of hydrogen-bond donors (Lipinski definition) is 2. The van der Waals surface area contributed by atoms with Crippen LogP contribution in [0.15, 0.2) is 42.5 Å². The first-order valence-corrected chi connectivity index (χ1v) is 6.93. The summed E-state index contributed by atoms with van der Waals surface area (Å²) in [4.78, 5) is 23.7. The summed E-state index contributed by atoms with van der Waals surface area (Å²) in [5, 5.41) is 11.5. The smallest absolute Gasteiger partial charge is 0.330 e. The molecule has 1 unspecified atom stereocenters. The van der Waals surface area contributed by atoms with Crippen molar-refractivity contribution in [1.29, 1.82) is 0 Å². The van der Waals surface area contributed by atoms with E-state index in [0.29, 0.717) is 5.75 Å². The predicted octanol–water partition coefficient (Wildman–Crippen LogP) is 3.04. The van der Waals surface area contributed by atoms with Gasteiger partial charge in [0.25, 0.3) is 5.91 Å². The summed E-state index contributed by atoms with van der Waals surface area (Å²) >= 11 is 5.58. The molecule has 0 radical (unpaired) electrons. The second-order valence-electron chi connectivity index (χ2n) is 4.62. The quantitative estimate of drug-likeness (QED) is 0.879. The average Bonchev–Trinajstić information content (AvgIpc) is 2.54. The second kappa shape index (κ2) is 7.11. The molecule has 0 aliphatic carbocycles. The summed E-state index contributed by atoms with van der Waals surface area (Å²) in [6.45, 7) is 0. The molecule has 2 rings (SSSR count). The van der Waals surface area contributed by atoms with Crippen LogP contribution in [-0.4, -0.2) is 24.1 Å². The Labute approximate surface area is 136 Å². The van der Waals surface area contributed by atoms with Gasteiger partial charge in [0.05, 0.1) is 17.7 Å². The molecular weight excluding hydrogens is 325 g/mol. The number of halogens is 2. The molecular formula is C16H13ClFNO4. The molecule has 2 aromatic rings. The van der Waals surface area contributed by atoms with Crippen molar-refractivity contribution in [2.24, 2.45) is 0 Å². The van der Waals surface area contributed by atoms with Crippen LogP contribution in [0.25, 0.3) is 0 Å². The number of carboxylic acid groups (broad SMARTS) is 1. The van der Waals surface area contributed by atoms with Crippen molar-refractivity contribution in [3.05, 3.63) is 64.4 Å². The van der Waals surface area contributed by atoms with Crippen LogP contribution >= 0.6 is 11.6 Å². The van der Waals surface area contributed by atoms with Gasteiger partial charge in [0, 0.05) is 0 Å². The van der Waals surface area contributed by atoms with E-state index in [1.165, 1.54) is 25.3 Å².